The van der Waals surface area contributed by atoms with E-state index < -0.39 is 0 Å². The summed E-state index contributed by atoms with van der Waals surface area (Å²) in [5.74, 6) is 0.0222. The van der Waals surface area contributed by atoms with E-state index in [0.29, 0.717) is 35.4 Å². The van der Waals surface area contributed by atoms with Crippen LogP contribution >= 0.6 is 11.3 Å². The van der Waals surface area contributed by atoms with Crippen molar-refractivity contribution < 1.29 is 4.79 Å². The van der Waals surface area contributed by atoms with E-state index in [0.717, 1.165) is 10.6 Å². The maximum absolute atomic E-state index is 12.4. The predicted molar refractivity (Wildman–Crippen MR) is 95.4 cm³/mol. The number of pyridine rings is 2. The molecule has 0 radical (unpaired) electrons. The van der Waals surface area contributed by atoms with Crippen LogP contribution in [0, 0.1) is 0 Å². The Morgan fingerprint density at radius 2 is 2.00 bits per heavy atom. The monoisotopic (exact) mass is 339 g/mol. The van der Waals surface area contributed by atoms with Crippen molar-refractivity contribution in [1.82, 2.24) is 15.0 Å². The molecule has 0 bridgehead atoms. The smallest absolute Gasteiger partial charge is 0.257 e. The number of aromatic amines is 1. The van der Waals surface area contributed by atoms with Crippen molar-refractivity contribution in [2.75, 3.05) is 0 Å². The lowest BCUT2D eigenvalue weighted by Crippen LogP contribution is -2.16. The van der Waals surface area contributed by atoms with E-state index in [9.17, 15) is 9.59 Å². The highest BCUT2D eigenvalue weighted by atomic mass is 32.1. The van der Waals surface area contributed by atoms with E-state index in [2.05, 4.69) is 15.0 Å². The SMILES string of the molecule is CCC(=O)c1cc(-c2csc(-c3ccncc3)n2)c(=O)[nH]c1CC. The van der Waals surface area contributed by atoms with Gasteiger partial charge in [-0.2, -0.15) is 0 Å². The lowest BCUT2D eigenvalue weighted by Gasteiger charge is -2.07. The van der Waals surface area contributed by atoms with Gasteiger partial charge >= 0.3 is 0 Å². The van der Waals surface area contributed by atoms with Crippen LogP contribution in [0.25, 0.3) is 21.8 Å². The zero-order chi connectivity index (χ0) is 17.1. The molecule has 0 aliphatic heterocycles. The summed E-state index contributed by atoms with van der Waals surface area (Å²) in [5, 5.41) is 2.65. The van der Waals surface area contributed by atoms with Crippen LogP contribution < -0.4 is 5.56 Å². The van der Waals surface area contributed by atoms with Crippen LogP contribution in [0.2, 0.25) is 0 Å². The third-order valence-corrected chi connectivity index (χ3v) is 4.70. The average Bonchev–Trinajstić information content (AvgIpc) is 3.11. The molecule has 0 saturated heterocycles. The molecule has 0 saturated carbocycles. The summed E-state index contributed by atoms with van der Waals surface area (Å²) in [6, 6.07) is 5.42. The Bertz CT molecular complexity index is 929. The van der Waals surface area contributed by atoms with Gasteiger partial charge in [0.15, 0.2) is 5.78 Å². The molecule has 0 fully saturated rings. The highest BCUT2D eigenvalue weighted by molar-refractivity contribution is 7.13. The number of hydrogen-bond donors (Lipinski definition) is 1. The van der Waals surface area contributed by atoms with Gasteiger partial charge in [-0.05, 0) is 24.6 Å². The molecule has 3 aromatic heterocycles. The summed E-state index contributed by atoms with van der Waals surface area (Å²) in [5.41, 5.74) is 3.01. The van der Waals surface area contributed by atoms with Crippen LogP contribution in [0.3, 0.4) is 0 Å². The van der Waals surface area contributed by atoms with Crippen LogP contribution in [-0.2, 0) is 6.42 Å². The lowest BCUT2D eigenvalue weighted by molar-refractivity contribution is 0.0987. The van der Waals surface area contributed by atoms with Gasteiger partial charge in [-0.15, -0.1) is 11.3 Å². The number of nitrogens with one attached hydrogen (secondary N) is 1. The number of aryl methyl sites for hydroxylation is 1. The Morgan fingerprint density at radius 3 is 2.67 bits per heavy atom. The minimum atomic E-state index is -0.217. The standard InChI is InChI=1S/C18H17N3O2S/c1-3-14-12(16(22)4-2)9-13(17(23)20-14)15-10-24-18(21-15)11-5-7-19-8-6-11/h5-10H,3-4H2,1-2H3,(H,20,23). The van der Waals surface area contributed by atoms with E-state index in [4.69, 9.17) is 0 Å². The summed E-state index contributed by atoms with van der Waals surface area (Å²) in [6.07, 6.45) is 4.42. The summed E-state index contributed by atoms with van der Waals surface area (Å²) >= 11 is 1.46. The first-order valence-corrected chi connectivity index (χ1v) is 8.67. The quantitative estimate of drug-likeness (QED) is 0.719. The van der Waals surface area contributed by atoms with Crippen LogP contribution in [0.5, 0.6) is 0 Å². The minimum absolute atomic E-state index is 0.0222. The van der Waals surface area contributed by atoms with Crippen molar-refractivity contribution in [3.05, 3.63) is 57.6 Å². The van der Waals surface area contributed by atoms with Gasteiger partial charge in [0.05, 0.1) is 11.3 Å². The number of carbonyl (C=O) groups excluding carboxylic acids is 1. The van der Waals surface area contributed by atoms with Gasteiger partial charge in [-0.3, -0.25) is 14.6 Å². The highest BCUT2D eigenvalue weighted by Gasteiger charge is 2.16. The Labute approximate surface area is 143 Å². The highest BCUT2D eigenvalue weighted by Crippen LogP contribution is 2.27. The Hall–Kier alpha value is -2.60. The molecule has 0 atom stereocenters. The third kappa shape index (κ3) is 3.05. The molecule has 0 unspecified atom stereocenters. The molecule has 0 aliphatic carbocycles. The Balaban J connectivity index is 2.08. The van der Waals surface area contributed by atoms with Crippen LogP contribution in [0.1, 0.15) is 36.3 Å². The Morgan fingerprint density at radius 1 is 1.25 bits per heavy atom. The van der Waals surface area contributed by atoms with Gasteiger partial charge in [-0.25, -0.2) is 4.98 Å². The van der Waals surface area contributed by atoms with E-state index in [-0.39, 0.29) is 11.3 Å². The molecule has 5 nitrogen and oxygen atoms in total. The van der Waals surface area contributed by atoms with E-state index in [1.807, 2.05) is 31.4 Å². The maximum Gasteiger partial charge on any atom is 0.257 e. The van der Waals surface area contributed by atoms with Gasteiger partial charge in [0, 0.05) is 41.0 Å². The summed E-state index contributed by atoms with van der Waals surface area (Å²) < 4.78 is 0. The van der Waals surface area contributed by atoms with Crippen molar-refractivity contribution in [1.29, 1.82) is 0 Å². The number of rotatable bonds is 5. The molecular formula is C18H17N3O2S. The van der Waals surface area contributed by atoms with Crippen molar-refractivity contribution in [2.45, 2.75) is 26.7 Å². The first-order valence-electron chi connectivity index (χ1n) is 7.79. The van der Waals surface area contributed by atoms with Crippen molar-refractivity contribution in [3.63, 3.8) is 0 Å². The Kier molecular flexibility index (Phi) is 4.66. The fourth-order valence-corrected chi connectivity index (χ4v) is 3.33. The molecule has 0 aliphatic rings. The zero-order valence-electron chi connectivity index (χ0n) is 13.5. The molecule has 3 aromatic rings. The molecule has 24 heavy (non-hydrogen) atoms. The molecule has 122 valence electrons. The molecule has 0 spiro atoms. The number of ketones is 1. The second-order valence-electron chi connectivity index (χ2n) is 5.31. The molecule has 6 heteroatoms. The van der Waals surface area contributed by atoms with Crippen LogP contribution in [-0.4, -0.2) is 20.7 Å². The van der Waals surface area contributed by atoms with Crippen LogP contribution in [0.4, 0.5) is 0 Å². The second kappa shape index (κ2) is 6.88. The summed E-state index contributed by atoms with van der Waals surface area (Å²) in [7, 11) is 0. The molecule has 1 N–H and O–H groups in total. The van der Waals surface area contributed by atoms with Crippen molar-refractivity contribution in [2.24, 2.45) is 0 Å². The summed E-state index contributed by atoms with van der Waals surface area (Å²) in [4.78, 5) is 35.9. The number of H-pyrrole nitrogens is 1. The van der Waals surface area contributed by atoms with E-state index in [1.165, 1.54) is 11.3 Å². The fraction of sp³-hybridized carbons (Fsp3) is 0.222. The van der Waals surface area contributed by atoms with Gasteiger partial charge in [0.2, 0.25) is 0 Å². The number of thiazole rings is 1. The third-order valence-electron chi connectivity index (χ3n) is 3.81. The number of nitrogens with zero attached hydrogens (tertiary/aromatic N) is 2. The first kappa shape index (κ1) is 16.3. The fourth-order valence-electron chi connectivity index (χ4n) is 2.50. The largest absolute Gasteiger partial charge is 0.325 e. The topological polar surface area (TPSA) is 75.7 Å². The number of aromatic nitrogens is 3. The molecule has 0 aromatic carbocycles. The molecule has 3 heterocycles. The average molecular weight is 339 g/mol. The molecule has 0 amide bonds. The van der Waals surface area contributed by atoms with Crippen molar-refractivity contribution >= 4 is 17.1 Å². The second-order valence-corrected chi connectivity index (χ2v) is 6.17. The van der Waals surface area contributed by atoms with Gasteiger partial charge < -0.3 is 4.98 Å². The maximum atomic E-state index is 12.4. The van der Waals surface area contributed by atoms with Gasteiger partial charge in [0.1, 0.15) is 5.01 Å². The predicted octanol–water partition coefficient (Wildman–Crippen LogP) is 3.72. The van der Waals surface area contributed by atoms with E-state index >= 15 is 0 Å². The summed E-state index contributed by atoms with van der Waals surface area (Å²) in [6.45, 7) is 3.73. The number of hydrogen-bond acceptors (Lipinski definition) is 5. The van der Waals surface area contributed by atoms with Crippen molar-refractivity contribution in [3.8, 4) is 21.8 Å². The minimum Gasteiger partial charge on any atom is -0.325 e. The van der Waals surface area contributed by atoms with Gasteiger partial charge in [-0.1, -0.05) is 13.8 Å². The van der Waals surface area contributed by atoms with Crippen LogP contribution in [0.15, 0.2) is 40.8 Å². The lowest BCUT2D eigenvalue weighted by atomic mass is 10.0. The zero-order valence-corrected chi connectivity index (χ0v) is 14.3. The molecule has 3 rings (SSSR count). The van der Waals surface area contributed by atoms with E-state index in [1.54, 1.807) is 18.5 Å². The van der Waals surface area contributed by atoms with Gasteiger partial charge in [0.25, 0.3) is 5.56 Å². The number of carbonyl (C=O) groups is 1. The normalized spacial score (nSPS) is 10.8. The molecular weight excluding hydrogens is 322 g/mol. The number of Topliss-reactive ketones (excluding diaryl/α,β-unsaturated/α-hetero) is 1. The first-order chi connectivity index (χ1) is 11.6.